The van der Waals surface area contributed by atoms with E-state index in [1.807, 2.05) is 43.6 Å². The zero-order valence-electron chi connectivity index (χ0n) is 10.8. The highest BCUT2D eigenvalue weighted by Gasteiger charge is 2.16. The zero-order valence-corrected chi connectivity index (χ0v) is 12.4. The minimum Gasteiger partial charge on any atom is -0.327 e. The van der Waals surface area contributed by atoms with Crippen molar-refractivity contribution in [1.29, 1.82) is 0 Å². The van der Waals surface area contributed by atoms with Crippen molar-refractivity contribution < 1.29 is 0 Å². The Labute approximate surface area is 125 Å². The lowest BCUT2D eigenvalue weighted by Gasteiger charge is -2.21. The van der Waals surface area contributed by atoms with Crippen LogP contribution in [-0.4, -0.2) is 11.0 Å². The summed E-state index contributed by atoms with van der Waals surface area (Å²) in [7, 11) is 0. The quantitative estimate of drug-likeness (QED) is 0.931. The van der Waals surface area contributed by atoms with Gasteiger partial charge in [0.15, 0.2) is 0 Å². The number of benzene rings is 1. The minimum absolute atomic E-state index is 0. The molecule has 0 aliphatic heterocycles. The Morgan fingerprint density at radius 2 is 1.68 bits per heavy atom. The second-order valence-corrected chi connectivity index (χ2v) is 5.01. The molecule has 0 saturated heterocycles. The van der Waals surface area contributed by atoms with Crippen LogP contribution < -0.4 is 5.73 Å². The van der Waals surface area contributed by atoms with Crippen LogP contribution >= 0.6 is 24.0 Å². The minimum atomic E-state index is 0. The van der Waals surface area contributed by atoms with Crippen molar-refractivity contribution in [3.8, 4) is 0 Å². The maximum atomic E-state index is 6.10. The number of rotatable bonds is 4. The average Bonchev–Trinajstić information content (AvgIpc) is 2.38. The molecular weight excluding hydrogens is 279 g/mol. The first-order valence-corrected chi connectivity index (χ1v) is 6.44. The summed E-state index contributed by atoms with van der Waals surface area (Å²) in [4.78, 5) is 4.05. The van der Waals surface area contributed by atoms with Gasteiger partial charge in [0.25, 0.3) is 0 Å². The van der Waals surface area contributed by atoms with Gasteiger partial charge in [0, 0.05) is 29.4 Å². The maximum absolute atomic E-state index is 6.10. The SMILES string of the molecule is CC(N)C(Cc1ccc(Cl)cc1)c1ccncc1.Cl. The Morgan fingerprint density at radius 3 is 2.21 bits per heavy atom. The Hall–Kier alpha value is -1.09. The van der Waals surface area contributed by atoms with E-state index in [0.717, 1.165) is 11.4 Å². The molecule has 0 aliphatic rings. The summed E-state index contributed by atoms with van der Waals surface area (Å²) >= 11 is 5.89. The van der Waals surface area contributed by atoms with Gasteiger partial charge in [0.05, 0.1) is 0 Å². The summed E-state index contributed by atoms with van der Waals surface area (Å²) in [6.07, 6.45) is 4.54. The van der Waals surface area contributed by atoms with E-state index in [1.165, 1.54) is 11.1 Å². The molecule has 1 heterocycles. The van der Waals surface area contributed by atoms with E-state index in [2.05, 4.69) is 17.1 Å². The third kappa shape index (κ3) is 4.50. The molecule has 0 bridgehead atoms. The van der Waals surface area contributed by atoms with Gasteiger partial charge < -0.3 is 5.73 Å². The molecule has 0 amide bonds. The fourth-order valence-electron chi connectivity index (χ4n) is 2.09. The van der Waals surface area contributed by atoms with Gasteiger partial charge in [0.1, 0.15) is 0 Å². The van der Waals surface area contributed by atoms with E-state index in [4.69, 9.17) is 17.3 Å². The molecule has 4 heteroatoms. The highest BCUT2D eigenvalue weighted by atomic mass is 35.5. The average molecular weight is 297 g/mol. The molecule has 0 saturated carbocycles. The summed E-state index contributed by atoms with van der Waals surface area (Å²) in [5, 5.41) is 0.764. The fourth-order valence-corrected chi connectivity index (χ4v) is 2.22. The number of nitrogens with zero attached hydrogens (tertiary/aromatic N) is 1. The second kappa shape index (κ2) is 7.49. The van der Waals surface area contributed by atoms with Crippen LogP contribution in [0.2, 0.25) is 5.02 Å². The van der Waals surface area contributed by atoms with Crippen molar-refractivity contribution in [3.05, 3.63) is 64.9 Å². The first-order valence-electron chi connectivity index (χ1n) is 6.07. The number of hydrogen-bond acceptors (Lipinski definition) is 2. The van der Waals surface area contributed by atoms with Crippen LogP contribution in [0.4, 0.5) is 0 Å². The molecule has 2 rings (SSSR count). The van der Waals surface area contributed by atoms with Crippen LogP contribution in [0.5, 0.6) is 0 Å². The van der Waals surface area contributed by atoms with Crippen molar-refractivity contribution in [3.63, 3.8) is 0 Å². The zero-order chi connectivity index (χ0) is 13.0. The van der Waals surface area contributed by atoms with Gasteiger partial charge in [-0.25, -0.2) is 0 Å². The predicted octanol–water partition coefficient (Wildman–Crippen LogP) is 3.83. The molecule has 0 aliphatic carbocycles. The van der Waals surface area contributed by atoms with Crippen molar-refractivity contribution in [2.75, 3.05) is 0 Å². The first-order chi connectivity index (χ1) is 8.66. The summed E-state index contributed by atoms with van der Waals surface area (Å²) in [5.41, 5.74) is 8.58. The van der Waals surface area contributed by atoms with E-state index in [9.17, 15) is 0 Å². The number of pyridine rings is 1. The van der Waals surface area contributed by atoms with E-state index in [-0.39, 0.29) is 18.4 Å². The Morgan fingerprint density at radius 1 is 1.11 bits per heavy atom. The van der Waals surface area contributed by atoms with Gasteiger partial charge >= 0.3 is 0 Å². The number of nitrogens with two attached hydrogens (primary N) is 1. The molecule has 2 atom stereocenters. The summed E-state index contributed by atoms with van der Waals surface area (Å²) in [5.74, 6) is 0.300. The maximum Gasteiger partial charge on any atom is 0.0406 e. The molecule has 19 heavy (non-hydrogen) atoms. The van der Waals surface area contributed by atoms with Gasteiger partial charge in [-0.15, -0.1) is 12.4 Å². The highest BCUT2D eigenvalue weighted by molar-refractivity contribution is 6.30. The monoisotopic (exact) mass is 296 g/mol. The molecule has 0 radical (unpaired) electrons. The molecular formula is C15H18Cl2N2. The number of hydrogen-bond donors (Lipinski definition) is 1. The fraction of sp³-hybridized carbons (Fsp3) is 0.267. The van der Waals surface area contributed by atoms with Gasteiger partial charge in [-0.3, -0.25) is 4.98 Å². The van der Waals surface area contributed by atoms with Crippen molar-refractivity contribution in [1.82, 2.24) is 4.98 Å². The Bertz CT molecular complexity index is 483. The molecule has 0 fully saturated rings. The molecule has 2 unspecified atom stereocenters. The van der Waals surface area contributed by atoms with E-state index < -0.39 is 0 Å². The largest absolute Gasteiger partial charge is 0.327 e. The van der Waals surface area contributed by atoms with E-state index in [0.29, 0.717) is 5.92 Å². The first kappa shape index (κ1) is 16.0. The highest BCUT2D eigenvalue weighted by Crippen LogP contribution is 2.23. The Kier molecular flexibility index (Phi) is 6.29. The lowest BCUT2D eigenvalue weighted by Crippen LogP contribution is -2.26. The normalized spacial score (nSPS) is 13.4. The smallest absolute Gasteiger partial charge is 0.0406 e. The molecule has 1 aromatic carbocycles. The third-order valence-corrected chi connectivity index (χ3v) is 3.39. The third-order valence-electron chi connectivity index (χ3n) is 3.14. The van der Waals surface area contributed by atoms with Gasteiger partial charge in [-0.1, -0.05) is 23.7 Å². The number of aromatic nitrogens is 1. The van der Waals surface area contributed by atoms with Crippen LogP contribution in [0, 0.1) is 0 Å². The van der Waals surface area contributed by atoms with Crippen LogP contribution in [0.1, 0.15) is 24.0 Å². The van der Waals surface area contributed by atoms with Gasteiger partial charge in [0.2, 0.25) is 0 Å². The second-order valence-electron chi connectivity index (χ2n) is 4.58. The predicted molar refractivity (Wildman–Crippen MR) is 83.0 cm³/mol. The molecule has 1 aromatic heterocycles. The summed E-state index contributed by atoms with van der Waals surface area (Å²) in [6, 6.07) is 12.1. The van der Waals surface area contributed by atoms with Gasteiger partial charge in [-0.05, 0) is 48.7 Å². The summed E-state index contributed by atoms with van der Waals surface area (Å²) in [6.45, 7) is 2.04. The van der Waals surface area contributed by atoms with Gasteiger partial charge in [-0.2, -0.15) is 0 Å². The van der Waals surface area contributed by atoms with Crippen molar-refractivity contribution >= 4 is 24.0 Å². The standard InChI is InChI=1S/C15H17ClN2.ClH/c1-11(17)15(13-6-8-18-9-7-13)10-12-2-4-14(16)5-3-12;/h2-9,11,15H,10,17H2,1H3;1H. The van der Waals surface area contributed by atoms with E-state index >= 15 is 0 Å². The van der Waals surface area contributed by atoms with Crippen molar-refractivity contribution in [2.45, 2.75) is 25.3 Å². The molecule has 2 nitrogen and oxygen atoms in total. The molecule has 2 N–H and O–H groups in total. The lowest BCUT2D eigenvalue weighted by molar-refractivity contribution is 0.564. The molecule has 0 spiro atoms. The molecule has 2 aromatic rings. The van der Waals surface area contributed by atoms with Crippen LogP contribution in [0.3, 0.4) is 0 Å². The summed E-state index contributed by atoms with van der Waals surface area (Å²) < 4.78 is 0. The topological polar surface area (TPSA) is 38.9 Å². The van der Waals surface area contributed by atoms with Crippen LogP contribution in [0.15, 0.2) is 48.8 Å². The Balaban J connectivity index is 0.00000180. The van der Waals surface area contributed by atoms with E-state index in [1.54, 1.807) is 0 Å². The number of halogens is 2. The lowest BCUT2D eigenvalue weighted by atomic mass is 9.87. The molecule has 102 valence electrons. The van der Waals surface area contributed by atoms with Crippen LogP contribution in [-0.2, 0) is 6.42 Å². The van der Waals surface area contributed by atoms with Crippen LogP contribution in [0.25, 0.3) is 0 Å². The van der Waals surface area contributed by atoms with Crippen molar-refractivity contribution in [2.24, 2.45) is 5.73 Å².